The molecule has 19 N–H and O–H groups in total. The van der Waals surface area contributed by atoms with Gasteiger partial charge in [0.25, 0.3) is 0 Å². The lowest BCUT2D eigenvalue weighted by Crippen LogP contribution is -2.68. The standard InChI is InChI=1S/C53H95N7O14S/c1-24(2)7-6-8-25(3)29-11-12-30-28-10-9-26-19-27(13-15-52(26,4)31(28)14-16-53(29,30)5)68-51(67)60-17-18-75-23-36-46(73-49-38(59)43(65)41(63)35(22-55)70-49)44(66)50(71-36)74-47-39(61)32(56)20-33(57)45(47)72-48-37(58)42(64)40(62)34(21-54)69-48/h9,24-25,27-50,61-66H,6-8,10-23,54-59H2,1-5H3,(H,60,67)/t25?,27?,28?,29?,30?,31?,32-,33+,34+,35+,36-,37+,38-,39+,40+,41-,42+,43-,44-,45-,46-,47-,48+,49?,50+,52?,53?/m1/s1. The van der Waals surface area contributed by atoms with E-state index >= 15 is 0 Å². The Morgan fingerprint density at radius 2 is 1.36 bits per heavy atom. The van der Waals surface area contributed by atoms with Crippen LogP contribution in [0.4, 0.5) is 4.79 Å². The molecule has 75 heavy (non-hydrogen) atoms. The number of aliphatic hydroxyl groups is 6. The summed E-state index contributed by atoms with van der Waals surface area (Å²) in [6.07, 6.45) is -4.58. The number of hydrogen-bond acceptors (Lipinski definition) is 21. The Hall–Kier alpha value is -1.36. The highest BCUT2D eigenvalue weighted by molar-refractivity contribution is 7.99. The molecule has 4 saturated carbocycles. The predicted octanol–water partition coefficient (Wildman–Crippen LogP) is -0.0182. The van der Waals surface area contributed by atoms with Gasteiger partial charge in [0.15, 0.2) is 18.9 Å². The van der Waals surface area contributed by atoms with Crippen LogP contribution >= 0.6 is 11.8 Å². The van der Waals surface area contributed by atoms with Crippen molar-refractivity contribution in [3.63, 3.8) is 0 Å². The zero-order valence-electron chi connectivity index (χ0n) is 44.9. The summed E-state index contributed by atoms with van der Waals surface area (Å²) in [4.78, 5) is 13.3. The lowest BCUT2D eigenvalue weighted by Gasteiger charge is -2.58. The molecule has 9 unspecified atom stereocenters. The molecular formula is C53H95N7O14S. The normalized spacial score (nSPS) is 48.4. The van der Waals surface area contributed by atoms with Gasteiger partial charge < -0.3 is 104 Å². The zero-order chi connectivity index (χ0) is 54.3. The fourth-order valence-corrected chi connectivity index (χ4v) is 16.0. The number of nitrogens with one attached hydrogen (secondary N) is 1. The minimum atomic E-state index is -1.57. The predicted molar refractivity (Wildman–Crippen MR) is 280 cm³/mol. The van der Waals surface area contributed by atoms with Crippen LogP contribution in [0.2, 0.25) is 0 Å². The van der Waals surface area contributed by atoms with E-state index in [0.29, 0.717) is 17.1 Å². The highest BCUT2D eigenvalue weighted by Crippen LogP contribution is 2.67. The maximum Gasteiger partial charge on any atom is 0.407 e. The van der Waals surface area contributed by atoms with Crippen LogP contribution in [-0.2, 0) is 33.2 Å². The number of alkyl carbamates (subject to hydrolysis) is 1. The Morgan fingerprint density at radius 1 is 0.733 bits per heavy atom. The average molecular weight is 1090 g/mol. The number of hydrogen-bond donors (Lipinski definition) is 13. The molecule has 3 saturated heterocycles. The monoisotopic (exact) mass is 1090 g/mol. The van der Waals surface area contributed by atoms with E-state index in [1.165, 1.54) is 62.3 Å². The molecule has 0 radical (unpaired) electrons. The first-order chi connectivity index (χ1) is 35.6. The van der Waals surface area contributed by atoms with Crippen molar-refractivity contribution in [1.29, 1.82) is 0 Å². The summed E-state index contributed by atoms with van der Waals surface area (Å²) in [6, 6.07) is -4.24. The second kappa shape index (κ2) is 25.2. The Kier molecular flexibility index (Phi) is 20.1. The summed E-state index contributed by atoms with van der Waals surface area (Å²) in [6.45, 7) is 12.3. The van der Waals surface area contributed by atoms with Gasteiger partial charge in [-0.05, 0) is 97.7 Å². The number of aliphatic hydroxyl groups excluding tert-OH is 6. The van der Waals surface area contributed by atoms with E-state index in [-0.39, 0.29) is 43.3 Å². The quantitative estimate of drug-likeness (QED) is 0.0597. The van der Waals surface area contributed by atoms with Crippen molar-refractivity contribution in [2.45, 2.75) is 234 Å². The molecule has 0 aromatic heterocycles. The molecule has 432 valence electrons. The van der Waals surface area contributed by atoms with Crippen molar-refractivity contribution in [2.75, 3.05) is 31.1 Å². The van der Waals surface area contributed by atoms with E-state index < -0.39 is 122 Å². The summed E-state index contributed by atoms with van der Waals surface area (Å²) in [7, 11) is 0. The molecule has 3 heterocycles. The summed E-state index contributed by atoms with van der Waals surface area (Å²) in [5.74, 6) is 5.15. The number of nitrogens with two attached hydrogens (primary N) is 6. The molecule has 27 atom stereocenters. The molecule has 0 aromatic carbocycles. The molecule has 8 rings (SSSR count). The second-order valence-electron chi connectivity index (χ2n) is 24.6. The number of allylic oxidation sites excluding steroid dienone is 1. The van der Waals surface area contributed by atoms with E-state index in [1.807, 2.05) is 0 Å². The van der Waals surface area contributed by atoms with Crippen LogP contribution < -0.4 is 39.7 Å². The summed E-state index contributed by atoms with van der Waals surface area (Å²) in [5.41, 5.74) is 39.0. The van der Waals surface area contributed by atoms with Crippen molar-refractivity contribution in [3.8, 4) is 0 Å². The van der Waals surface area contributed by atoms with Crippen LogP contribution in [0.1, 0.15) is 112 Å². The zero-order valence-corrected chi connectivity index (χ0v) is 45.7. The van der Waals surface area contributed by atoms with Crippen molar-refractivity contribution in [3.05, 3.63) is 11.6 Å². The largest absolute Gasteiger partial charge is 0.446 e. The van der Waals surface area contributed by atoms with Gasteiger partial charge in [-0.1, -0.05) is 65.5 Å². The summed E-state index contributed by atoms with van der Waals surface area (Å²) >= 11 is 1.39. The van der Waals surface area contributed by atoms with Crippen LogP contribution in [0.25, 0.3) is 0 Å². The van der Waals surface area contributed by atoms with E-state index in [4.69, 9.17) is 67.6 Å². The number of amides is 1. The maximum absolute atomic E-state index is 13.3. The third-order valence-corrected chi connectivity index (χ3v) is 20.6. The minimum absolute atomic E-state index is 0.0883. The van der Waals surface area contributed by atoms with Crippen molar-refractivity contribution < 1.29 is 68.6 Å². The van der Waals surface area contributed by atoms with Crippen LogP contribution in [0.5, 0.6) is 0 Å². The van der Waals surface area contributed by atoms with Crippen LogP contribution in [0.3, 0.4) is 0 Å². The minimum Gasteiger partial charge on any atom is -0.446 e. The van der Waals surface area contributed by atoms with Gasteiger partial charge in [-0.3, -0.25) is 0 Å². The van der Waals surface area contributed by atoms with E-state index in [9.17, 15) is 35.4 Å². The molecule has 0 bridgehead atoms. The Labute approximate surface area is 447 Å². The van der Waals surface area contributed by atoms with Crippen molar-refractivity contribution >= 4 is 17.9 Å². The lowest BCUT2D eigenvalue weighted by molar-refractivity contribution is -0.306. The molecule has 5 aliphatic carbocycles. The third-order valence-electron chi connectivity index (χ3n) is 19.5. The molecule has 1 amide bonds. The maximum atomic E-state index is 13.3. The fourth-order valence-electron chi connectivity index (χ4n) is 15.1. The average Bonchev–Trinajstić information content (AvgIpc) is 3.91. The molecule has 7 fully saturated rings. The lowest BCUT2D eigenvalue weighted by atomic mass is 9.47. The van der Waals surface area contributed by atoms with Gasteiger partial charge in [0.2, 0.25) is 0 Å². The fraction of sp³-hybridized carbons (Fsp3) is 0.943. The number of carbonyl (C=O) groups is 1. The molecule has 3 aliphatic heterocycles. The Bertz CT molecular complexity index is 1900. The van der Waals surface area contributed by atoms with Gasteiger partial charge in [-0.2, -0.15) is 11.8 Å². The highest BCUT2D eigenvalue weighted by atomic mass is 32.2. The van der Waals surface area contributed by atoms with Gasteiger partial charge in [-0.15, -0.1) is 0 Å². The Morgan fingerprint density at radius 3 is 2.00 bits per heavy atom. The van der Waals surface area contributed by atoms with Crippen LogP contribution in [-0.4, -0.2) is 190 Å². The molecule has 8 aliphatic rings. The number of thioether (sulfide) groups is 1. The summed E-state index contributed by atoms with van der Waals surface area (Å²) < 4.78 is 42.9. The number of rotatable bonds is 19. The van der Waals surface area contributed by atoms with Crippen molar-refractivity contribution in [1.82, 2.24) is 5.32 Å². The van der Waals surface area contributed by atoms with E-state index in [2.05, 4.69) is 46.0 Å². The number of fused-ring (bicyclic) bond motifs is 5. The van der Waals surface area contributed by atoms with E-state index in [1.54, 1.807) is 0 Å². The van der Waals surface area contributed by atoms with Gasteiger partial charge in [0, 0.05) is 49.6 Å². The van der Waals surface area contributed by atoms with Gasteiger partial charge in [-0.25, -0.2) is 4.79 Å². The van der Waals surface area contributed by atoms with Crippen LogP contribution in [0.15, 0.2) is 11.6 Å². The Balaban J connectivity index is 0.859. The first-order valence-corrected chi connectivity index (χ1v) is 29.4. The van der Waals surface area contributed by atoms with Gasteiger partial charge in [0.05, 0.1) is 24.3 Å². The van der Waals surface area contributed by atoms with Gasteiger partial charge in [0.1, 0.15) is 67.1 Å². The van der Waals surface area contributed by atoms with Gasteiger partial charge >= 0.3 is 6.09 Å². The van der Waals surface area contributed by atoms with Crippen LogP contribution in [0, 0.1) is 46.3 Å². The number of ether oxygens (including phenoxy) is 7. The molecular weight excluding hydrogens is 991 g/mol. The van der Waals surface area contributed by atoms with Crippen molar-refractivity contribution in [2.24, 2.45) is 80.7 Å². The van der Waals surface area contributed by atoms with E-state index in [0.717, 1.165) is 55.3 Å². The third kappa shape index (κ3) is 12.4. The highest BCUT2D eigenvalue weighted by Gasteiger charge is 2.60. The number of carbonyl (C=O) groups excluding carboxylic acids is 1. The second-order valence-corrected chi connectivity index (χ2v) is 25.8. The molecule has 0 aromatic rings. The smallest absolute Gasteiger partial charge is 0.407 e. The summed E-state index contributed by atoms with van der Waals surface area (Å²) in [5, 5.41) is 68.7. The SMILES string of the molecule is CC(C)CCCC(C)C1CCC2C3CC=C4CC(OC(=O)NCCSC[C@H]5O[C@@H](O[C@@H]6[C@@H](O)[C@H](N)C[C@H](N)[C@H]6O[C@@H]6O[C@@H](CN)[C@H](O)[C@@H](O)[C@@H]6N)[C@H](O)[C@@H]5OC5O[C@@H](CN)[C@@H](O)[C@H](O)[C@H]5N)CCC4(C)C3CCC12C. The molecule has 22 heteroatoms. The first kappa shape index (κ1) is 59.8. The molecule has 21 nitrogen and oxygen atoms in total. The molecule has 0 spiro atoms. The topological polar surface area (TPSA) is 371 Å². The first-order valence-electron chi connectivity index (χ1n) is 28.3.